The number of nitrogens with zero attached hydrogens (tertiary/aromatic N) is 2. The molecule has 5 nitrogen and oxygen atoms in total. The van der Waals surface area contributed by atoms with E-state index in [1.165, 1.54) is 0 Å². The van der Waals surface area contributed by atoms with Gasteiger partial charge < -0.3 is 14.6 Å². The maximum absolute atomic E-state index is 12.0. The second kappa shape index (κ2) is 13.6. The van der Waals surface area contributed by atoms with Gasteiger partial charge in [0.15, 0.2) is 6.04 Å². The summed E-state index contributed by atoms with van der Waals surface area (Å²) in [4.78, 5) is 9.11. The molecule has 0 radical (unpaired) electrons. The summed E-state index contributed by atoms with van der Waals surface area (Å²) in [6.07, 6.45) is 6.90. The zero-order valence-electron chi connectivity index (χ0n) is 17.6. The highest BCUT2D eigenvalue weighted by Crippen LogP contribution is 2.21. The molecule has 1 aliphatic rings. The van der Waals surface area contributed by atoms with Crippen LogP contribution in [0.5, 0.6) is 0 Å². The van der Waals surface area contributed by atoms with Crippen molar-refractivity contribution in [3.63, 3.8) is 0 Å². The van der Waals surface area contributed by atoms with Crippen LogP contribution in [0.1, 0.15) is 65.2 Å². The molecule has 0 aliphatic carbocycles. The van der Waals surface area contributed by atoms with E-state index in [-0.39, 0.29) is 18.4 Å². The van der Waals surface area contributed by atoms with Gasteiger partial charge in [-0.05, 0) is 38.0 Å². The van der Waals surface area contributed by atoms with Crippen LogP contribution in [0.15, 0.2) is 22.1 Å². The van der Waals surface area contributed by atoms with Gasteiger partial charge in [0, 0.05) is 6.42 Å². The summed E-state index contributed by atoms with van der Waals surface area (Å²) in [6, 6.07) is -0.734. The number of alkyl halides is 2. The molecule has 1 rings (SSSR count). The van der Waals surface area contributed by atoms with Crippen molar-refractivity contribution in [1.29, 1.82) is 0 Å². The predicted molar refractivity (Wildman–Crippen MR) is 109 cm³/mol. The summed E-state index contributed by atoms with van der Waals surface area (Å²) in [6.45, 7) is 4.08. The van der Waals surface area contributed by atoms with E-state index in [4.69, 9.17) is 9.47 Å². The van der Waals surface area contributed by atoms with Crippen LogP contribution in [0, 0.1) is 5.92 Å². The Kier molecular flexibility index (Phi) is 12.0. The van der Waals surface area contributed by atoms with Crippen LogP contribution in [0.2, 0.25) is 0 Å². The fraction of sp³-hybridized carbons (Fsp3) is 0.810. The molecule has 1 heterocycles. The largest absolute Gasteiger partial charge is 0.483 e. The van der Waals surface area contributed by atoms with Gasteiger partial charge in [0.05, 0.1) is 20.3 Å². The van der Waals surface area contributed by atoms with Gasteiger partial charge in [-0.25, -0.2) is 18.8 Å². The summed E-state index contributed by atoms with van der Waals surface area (Å²) >= 11 is 0. The van der Waals surface area contributed by atoms with Gasteiger partial charge in [-0.1, -0.05) is 38.8 Å². The molecule has 0 spiro atoms. The van der Waals surface area contributed by atoms with E-state index in [0.29, 0.717) is 24.6 Å². The van der Waals surface area contributed by atoms with Crippen molar-refractivity contribution in [3.8, 4) is 0 Å². The van der Waals surface area contributed by atoms with Crippen LogP contribution >= 0.6 is 0 Å². The summed E-state index contributed by atoms with van der Waals surface area (Å²) in [5.41, 5.74) is 0. The van der Waals surface area contributed by atoms with Gasteiger partial charge in [-0.2, -0.15) is 0 Å². The van der Waals surface area contributed by atoms with Gasteiger partial charge in [-0.3, -0.25) is 0 Å². The summed E-state index contributed by atoms with van der Waals surface area (Å²) in [7, 11) is 3.12. The lowest BCUT2D eigenvalue weighted by Crippen LogP contribution is -2.42. The number of rotatable bonds is 12. The average molecular weight is 403 g/mol. The Balaban J connectivity index is 2.36. The van der Waals surface area contributed by atoms with E-state index in [1.54, 1.807) is 14.2 Å². The monoisotopic (exact) mass is 402 g/mol. The molecular weight excluding hydrogens is 366 g/mol. The zero-order chi connectivity index (χ0) is 20.9. The molecule has 0 amide bonds. The first-order chi connectivity index (χ1) is 13.4. The van der Waals surface area contributed by atoms with Gasteiger partial charge in [0.2, 0.25) is 18.2 Å². The first kappa shape index (κ1) is 24.5. The Morgan fingerprint density at radius 3 is 2.07 bits per heavy atom. The van der Waals surface area contributed by atoms with Crippen LogP contribution in [0.25, 0.3) is 0 Å². The van der Waals surface area contributed by atoms with Gasteiger partial charge in [0.1, 0.15) is 6.04 Å². The number of aliphatic hydroxyl groups is 1. The van der Waals surface area contributed by atoms with Gasteiger partial charge in [-0.15, -0.1) is 0 Å². The number of aliphatic hydroxyl groups excluding tert-OH is 1. The molecule has 3 atom stereocenters. The number of ether oxygens (including phenoxy) is 2. The second-order valence-electron chi connectivity index (χ2n) is 7.48. The molecule has 0 aromatic rings. The smallest absolute Gasteiger partial charge is 0.238 e. The molecule has 0 bridgehead atoms. The van der Waals surface area contributed by atoms with Crippen LogP contribution < -0.4 is 0 Å². The molecule has 162 valence electrons. The van der Waals surface area contributed by atoms with E-state index in [2.05, 4.69) is 16.1 Å². The van der Waals surface area contributed by atoms with Crippen molar-refractivity contribution in [3.05, 3.63) is 12.2 Å². The van der Waals surface area contributed by atoms with Crippen LogP contribution in [0.3, 0.4) is 0 Å². The Morgan fingerprint density at radius 1 is 0.893 bits per heavy atom. The van der Waals surface area contributed by atoms with Crippen molar-refractivity contribution >= 4 is 11.8 Å². The van der Waals surface area contributed by atoms with Gasteiger partial charge in [0.25, 0.3) is 0 Å². The quantitative estimate of drug-likeness (QED) is 0.377. The van der Waals surface area contributed by atoms with Crippen LogP contribution in [-0.2, 0) is 9.47 Å². The Hall–Kier alpha value is -1.50. The third kappa shape index (κ3) is 8.67. The Labute approximate surface area is 167 Å². The molecular formula is C21H36F2N2O3. The highest BCUT2D eigenvalue weighted by molar-refractivity contribution is 5.94. The van der Waals surface area contributed by atoms with Crippen molar-refractivity contribution in [1.82, 2.24) is 0 Å². The number of aliphatic imine (C=N–C) groups is 2. The van der Waals surface area contributed by atoms with Crippen molar-refractivity contribution in [2.24, 2.45) is 15.9 Å². The van der Waals surface area contributed by atoms with Crippen LogP contribution in [0.4, 0.5) is 8.78 Å². The zero-order valence-corrected chi connectivity index (χ0v) is 17.6. The minimum absolute atomic E-state index is 0.00679. The highest BCUT2D eigenvalue weighted by atomic mass is 19.3. The topological polar surface area (TPSA) is 63.4 Å². The molecule has 7 heteroatoms. The molecule has 0 aromatic carbocycles. The predicted octanol–water partition coefficient (Wildman–Crippen LogP) is 4.79. The third-order valence-electron chi connectivity index (χ3n) is 4.79. The first-order valence-corrected chi connectivity index (χ1v) is 10.2. The minimum Gasteiger partial charge on any atom is -0.483 e. The lowest BCUT2D eigenvalue weighted by atomic mass is 10.00. The van der Waals surface area contributed by atoms with E-state index in [9.17, 15) is 13.9 Å². The minimum atomic E-state index is -2.18. The Morgan fingerprint density at radius 2 is 1.46 bits per heavy atom. The van der Waals surface area contributed by atoms with Crippen LogP contribution in [-0.4, -0.2) is 55.7 Å². The second-order valence-corrected chi connectivity index (χ2v) is 7.48. The number of halogens is 2. The van der Waals surface area contributed by atoms with Crippen molar-refractivity contribution < 1.29 is 23.4 Å². The maximum Gasteiger partial charge on any atom is 0.238 e. The molecule has 0 saturated heterocycles. The average Bonchev–Trinajstić information content (AvgIpc) is 2.67. The molecule has 28 heavy (non-hydrogen) atoms. The van der Waals surface area contributed by atoms with Gasteiger partial charge >= 0.3 is 0 Å². The number of hydrogen-bond donors (Lipinski definition) is 1. The van der Waals surface area contributed by atoms with E-state index >= 15 is 0 Å². The van der Waals surface area contributed by atoms with E-state index < -0.39 is 18.6 Å². The molecule has 1 unspecified atom stereocenters. The van der Waals surface area contributed by atoms with E-state index in [1.807, 2.05) is 19.9 Å². The fourth-order valence-electron chi connectivity index (χ4n) is 3.14. The number of unbranched alkanes of at least 4 members (excludes halogenated alkanes) is 4. The maximum atomic E-state index is 12.0. The summed E-state index contributed by atoms with van der Waals surface area (Å²) < 4.78 is 34.8. The lowest BCUT2D eigenvalue weighted by molar-refractivity contribution is 0.133. The Bertz CT molecular complexity index is 522. The molecule has 0 fully saturated rings. The third-order valence-corrected chi connectivity index (χ3v) is 4.79. The van der Waals surface area contributed by atoms with Crippen molar-refractivity contribution in [2.45, 2.75) is 89.8 Å². The summed E-state index contributed by atoms with van der Waals surface area (Å²) in [5, 5.41) is 10.5. The standard InChI is InChI=1S/C21H36F2N2O3/c1-15(2)18-20(27-3)25-19(21(24-18)28-4)16(26)13-11-9-7-5-6-8-10-12-14-17(22)23/h7,9,15-19,26H,5-6,8,10-14H2,1-4H3/b9-7+/t16-,18+,19?/m0/s1. The number of hydrogen-bond acceptors (Lipinski definition) is 5. The van der Waals surface area contributed by atoms with Crippen molar-refractivity contribution in [2.75, 3.05) is 14.2 Å². The number of methoxy groups -OCH3 is 2. The normalized spacial score (nSPS) is 21.2. The van der Waals surface area contributed by atoms with E-state index in [0.717, 1.165) is 32.1 Å². The molecule has 1 N–H and O–H groups in total. The molecule has 0 aromatic heterocycles. The summed E-state index contributed by atoms with van der Waals surface area (Å²) in [5.74, 6) is 1.20. The lowest BCUT2D eigenvalue weighted by Gasteiger charge is -2.29. The SMILES string of the molecule is COC1=N[C@H](C(C)C)C(OC)=NC1[C@@H](O)CC/C=C/CCCCCCC(F)F. The molecule has 0 saturated carbocycles. The number of allylic oxidation sites excluding steroid dienone is 2. The highest BCUT2D eigenvalue weighted by Gasteiger charge is 2.34. The first-order valence-electron chi connectivity index (χ1n) is 10.2. The fourth-order valence-corrected chi connectivity index (χ4v) is 3.14. The molecule has 1 aliphatic heterocycles.